The Morgan fingerprint density at radius 2 is 2.08 bits per heavy atom. The number of hydrogen-bond donors (Lipinski definition) is 1. The van der Waals surface area contributed by atoms with Crippen molar-refractivity contribution in [3.63, 3.8) is 0 Å². The van der Waals surface area contributed by atoms with Crippen molar-refractivity contribution in [2.75, 3.05) is 12.9 Å². The van der Waals surface area contributed by atoms with E-state index in [1.807, 2.05) is 12.1 Å². The van der Waals surface area contributed by atoms with E-state index in [1.165, 1.54) is 37.2 Å². The van der Waals surface area contributed by atoms with Gasteiger partial charge in [0, 0.05) is 21.5 Å². The van der Waals surface area contributed by atoms with Crippen LogP contribution in [0.2, 0.25) is 5.02 Å². The molecule has 1 N–H and O–H groups in total. The lowest BCUT2D eigenvalue weighted by atomic mass is 10.2. The minimum Gasteiger partial charge on any atom is -0.490 e. The number of methoxy groups -OCH3 is 1. The van der Waals surface area contributed by atoms with E-state index in [1.54, 1.807) is 18.2 Å². The summed E-state index contributed by atoms with van der Waals surface area (Å²) in [6, 6.07) is 11.5. The number of carbonyl (C=O) groups excluding carboxylic acids is 1. The maximum absolute atomic E-state index is 11.7. The van der Waals surface area contributed by atoms with Gasteiger partial charge >= 0.3 is 5.69 Å². The number of rotatable bonds is 7. The zero-order chi connectivity index (χ0) is 18.2. The largest absolute Gasteiger partial charge is 0.490 e. The van der Waals surface area contributed by atoms with Crippen LogP contribution in [0.15, 0.2) is 52.5 Å². The van der Waals surface area contributed by atoms with Gasteiger partial charge in [-0.05, 0) is 36.4 Å². The molecule has 0 radical (unpaired) electrons. The van der Waals surface area contributed by atoms with Crippen molar-refractivity contribution in [2.45, 2.75) is 4.90 Å². The van der Waals surface area contributed by atoms with Gasteiger partial charge in [-0.1, -0.05) is 11.6 Å². The molecule has 130 valence electrons. The van der Waals surface area contributed by atoms with Crippen LogP contribution in [0.5, 0.6) is 5.75 Å². The first kappa shape index (κ1) is 18.8. The van der Waals surface area contributed by atoms with Gasteiger partial charge in [0.05, 0.1) is 24.0 Å². The Morgan fingerprint density at radius 1 is 1.36 bits per heavy atom. The predicted octanol–water partition coefficient (Wildman–Crippen LogP) is 3.50. The van der Waals surface area contributed by atoms with E-state index >= 15 is 0 Å². The van der Waals surface area contributed by atoms with E-state index in [4.69, 9.17) is 16.3 Å². The standard InChI is InChI=1S/C16H14ClN3O4S/c1-24-15-7-2-11(8-14(15)20(22)23)9-18-19-16(21)10-25-13-5-3-12(17)4-6-13/h2-9H,10H2,1H3,(H,19,21)/b18-9-. The van der Waals surface area contributed by atoms with Crippen molar-refractivity contribution >= 4 is 41.2 Å². The first-order valence-corrected chi connectivity index (χ1v) is 8.38. The highest BCUT2D eigenvalue weighted by atomic mass is 35.5. The molecule has 2 rings (SSSR count). The summed E-state index contributed by atoms with van der Waals surface area (Å²) in [5.41, 5.74) is 2.67. The average molecular weight is 380 g/mol. The average Bonchev–Trinajstić information content (AvgIpc) is 2.61. The monoisotopic (exact) mass is 379 g/mol. The fourth-order valence-electron chi connectivity index (χ4n) is 1.82. The van der Waals surface area contributed by atoms with E-state index in [2.05, 4.69) is 10.5 Å². The number of nitro benzene ring substituents is 1. The third-order valence-electron chi connectivity index (χ3n) is 2.99. The number of thioether (sulfide) groups is 1. The van der Waals surface area contributed by atoms with Crippen LogP contribution < -0.4 is 10.2 Å². The molecule has 1 amide bonds. The fourth-order valence-corrected chi connectivity index (χ4v) is 2.64. The Kier molecular flexibility index (Phi) is 6.79. The minimum absolute atomic E-state index is 0.158. The highest BCUT2D eigenvalue weighted by Gasteiger charge is 2.14. The molecule has 0 unspecified atom stereocenters. The molecule has 2 aromatic rings. The maximum atomic E-state index is 11.7. The van der Waals surface area contributed by atoms with Crippen LogP contribution in [0.3, 0.4) is 0 Å². The van der Waals surface area contributed by atoms with Gasteiger partial charge < -0.3 is 4.74 Å². The van der Waals surface area contributed by atoms with Crippen LogP contribution in [-0.4, -0.2) is 29.9 Å². The second-order valence-electron chi connectivity index (χ2n) is 4.72. The highest BCUT2D eigenvalue weighted by molar-refractivity contribution is 8.00. The van der Waals surface area contributed by atoms with E-state index in [0.717, 1.165) is 4.90 Å². The molecule has 0 aromatic heterocycles. The fraction of sp³-hybridized carbons (Fsp3) is 0.125. The molecule has 0 saturated carbocycles. The molecular formula is C16H14ClN3O4S. The van der Waals surface area contributed by atoms with Gasteiger partial charge in [0.25, 0.3) is 0 Å². The molecule has 0 saturated heterocycles. The van der Waals surface area contributed by atoms with Gasteiger partial charge in [-0.2, -0.15) is 5.10 Å². The minimum atomic E-state index is -0.544. The van der Waals surface area contributed by atoms with E-state index in [9.17, 15) is 14.9 Å². The lowest BCUT2D eigenvalue weighted by Crippen LogP contribution is -2.19. The Morgan fingerprint density at radius 3 is 2.72 bits per heavy atom. The summed E-state index contributed by atoms with van der Waals surface area (Å²) in [5.74, 6) is 0.0478. The number of nitrogens with zero attached hydrogens (tertiary/aromatic N) is 2. The molecular weight excluding hydrogens is 366 g/mol. The summed E-state index contributed by atoms with van der Waals surface area (Å²) in [5, 5.41) is 15.4. The van der Waals surface area contributed by atoms with Crippen LogP contribution >= 0.6 is 23.4 Å². The van der Waals surface area contributed by atoms with Crippen molar-refractivity contribution in [1.29, 1.82) is 0 Å². The number of hydrazone groups is 1. The lowest BCUT2D eigenvalue weighted by Gasteiger charge is -2.02. The van der Waals surface area contributed by atoms with Crippen LogP contribution in [0, 0.1) is 10.1 Å². The molecule has 0 spiro atoms. The molecule has 0 aliphatic carbocycles. The zero-order valence-electron chi connectivity index (χ0n) is 13.1. The van der Waals surface area contributed by atoms with Crippen molar-refractivity contribution in [2.24, 2.45) is 5.10 Å². The van der Waals surface area contributed by atoms with Gasteiger partial charge in [0.1, 0.15) is 0 Å². The first-order valence-electron chi connectivity index (χ1n) is 7.02. The zero-order valence-corrected chi connectivity index (χ0v) is 14.7. The summed E-state index contributed by atoms with van der Waals surface area (Å²) in [6.45, 7) is 0. The predicted molar refractivity (Wildman–Crippen MR) is 97.6 cm³/mol. The van der Waals surface area contributed by atoms with Crippen LogP contribution in [0.1, 0.15) is 5.56 Å². The number of ether oxygens (including phenoxy) is 1. The van der Waals surface area contributed by atoms with Crippen LogP contribution in [-0.2, 0) is 4.79 Å². The van der Waals surface area contributed by atoms with E-state index in [0.29, 0.717) is 10.6 Å². The van der Waals surface area contributed by atoms with Gasteiger partial charge in [-0.25, -0.2) is 5.43 Å². The number of nitrogens with one attached hydrogen (secondary N) is 1. The summed E-state index contributed by atoms with van der Waals surface area (Å²) in [6.07, 6.45) is 1.33. The Balaban J connectivity index is 1.89. The number of halogens is 1. The summed E-state index contributed by atoms with van der Waals surface area (Å²) >= 11 is 7.14. The van der Waals surface area contributed by atoms with Gasteiger partial charge in [0.2, 0.25) is 5.91 Å². The van der Waals surface area contributed by atoms with E-state index < -0.39 is 4.92 Å². The lowest BCUT2D eigenvalue weighted by molar-refractivity contribution is -0.385. The molecule has 7 nitrogen and oxygen atoms in total. The van der Waals surface area contributed by atoms with Gasteiger partial charge in [0.15, 0.2) is 5.75 Å². The molecule has 0 heterocycles. The Hall–Kier alpha value is -2.58. The van der Waals surface area contributed by atoms with Crippen LogP contribution in [0.25, 0.3) is 0 Å². The number of benzene rings is 2. The topological polar surface area (TPSA) is 93.8 Å². The number of amides is 1. The molecule has 0 atom stereocenters. The van der Waals surface area contributed by atoms with Crippen LogP contribution in [0.4, 0.5) is 5.69 Å². The highest BCUT2D eigenvalue weighted by Crippen LogP contribution is 2.26. The molecule has 0 bridgehead atoms. The van der Waals surface area contributed by atoms with E-state index in [-0.39, 0.29) is 23.1 Å². The molecule has 2 aromatic carbocycles. The third-order valence-corrected chi connectivity index (χ3v) is 4.25. The first-order chi connectivity index (χ1) is 12.0. The molecule has 9 heteroatoms. The van der Waals surface area contributed by atoms with Crippen molar-refractivity contribution in [1.82, 2.24) is 5.43 Å². The van der Waals surface area contributed by atoms with Crippen molar-refractivity contribution in [3.05, 3.63) is 63.2 Å². The smallest absolute Gasteiger partial charge is 0.311 e. The van der Waals surface area contributed by atoms with Crippen molar-refractivity contribution < 1.29 is 14.5 Å². The second kappa shape index (κ2) is 9.05. The van der Waals surface area contributed by atoms with Gasteiger partial charge in [-0.15, -0.1) is 11.8 Å². The molecule has 0 fully saturated rings. The summed E-state index contributed by atoms with van der Waals surface area (Å²) < 4.78 is 4.92. The SMILES string of the molecule is COc1ccc(/C=N\NC(=O)CSc2ccc(Cl)cc2)cc1[N+](=O)[O-]. The Labute approximate surface area is 153 Å². The number of nitro groups is 1. The molecule has 25 heavy (non-hydrogen) atoms. The normalized spacial score (nSPS) is 10.6. The van der Waals surface area contributed by atoms with Crippen molar-refractivity contribution in [3.8, 4) is 5.75 Å². The second-order valence-corrected chi connectivity index (χ2v) is 6.21. The Bertz CT molecular complexity index is 796. The summed E-state index contributed by atoms with van der Waals surface area (Å²) in [7, 11) is 1.36. The molecule has 0 aliphatic rings. The number of carbonyl (C=O) groups is 1. The maximum Gasteiger partial charge on any atom is 0.311 e. The number of hydrogen-bond acceptors (Lipinski definition) is 6. The third kappa shape index (κ3) is 5.77. The quantitative estimate of drug-likeness (QED) is 0.344. The van der Waals surface area contributed by atoms with Gasteiger partial charge in [-0.3, -0.25) is 14.9 Å². The summed E-state index contributed by atoms with van der Waals surface area (Å²) in [4.78, 5) is 23.1. The molecule has 0 aliphatic heterocycles.